The van der Waals surface area contributed by atoms with E-state index in [1.54, 1.807) is 6.92 Å². The maximum atomic E-state index is 13.7. The summed E-state index contributed by atoms with van der Waals surface area (Å²) in [6, 6.07) is 9.56. The Balaban J connectivity index is 1.92. The maximum absolute atomic E-state index is 13.7. The fourth-order valence-corrected chi connectivity index (χ4v) is 5.94. The second-order valence-corrected chi connectivity index (χ2v) is 13.5. The Hall–Kier alpha value is -2.03. The molecular weight excluding hydrogens is 579 g/mol. The number of ether oxygens (including phenoxy) is 2. The molecular formula is C34H57N2O7P. The Labute approximate surface area is 264 Å². The van der Waals surface area contributed by atoms with Crippen LogP contribution in [0.2, 0.25) is 0 Å². The molecule has 1 unspecified atom stereocenters. The van der Waals surface area contributed by atoms with Crippen LogP contribution < -0.4 is 11.2 Å². The Morgan fingerprint density at radius 1 is 0.795 bits per heavy atom. The number of benzene rings is 1. The molecule has 2 aromatic rings. The average Bonchev–Trinajstić information content (AvgIpc) is 3.00. The molecule has 1 atom stereocenters. The first-order valence-electron chi connectivity index (χ1n) is 16.8. The van der Waals surface area contributed by atoms with Gasteiger partial charge in [0, 0.05) is 24.3 Å². The SMILES string of the molecule is CCCCCCCCCCCCCCCCOC(CC)n1c(=O)c(C)c(Cc2ccccc2)n(CCOCP(=O)(O)O)c1=O. The number of hydrogen-bond acceptors (Lipinski definition) is 5. The molecule has 1 heterocycles. The summed E-state index contributed by atoms with van der Waals surface area (Å²) in [4.78, 5) is 45.5. The van der Waals surface area contributed by atoms with Gasteiger partial charge in [-0.1, -0.05) is 128 Å². The van der Waals surface area contributed by atoms with E-state index in [1.807, 2.05) is 37.3 Å². The summed E-state index contributed by atoms with van der Waals surface area (Å²) in [6.07, 6.45) is 17.2. The largest absolute Gasteiger partial charge is 0.367 e. The molecule has 9 nitrogen and oxygen atoms in total. The van der Waals surface area contributed by atoms with Gasteiger partial charge in [0.05, 0.1) is 13.2 Å². The summed E-state index contributed by atoms with van der Waals surface area (Å²) in [5.74, 6) is 0. The van der Waals surface area contributed by atoms with Crippen molar-refractivity contribution in [2.45, 2.75) is 136 Å². The Morgan fingerprint density at radius 2 is 1.34 bits per heavy atom. The molecule has 2 rings (SSSR count). The molecule has 250 valence electrons. The van der Waals surface area contributed by atoms with Crippen LogP contribution in [0.1, 0.15) is 133 Å². The summed E-state index contributed by atoms with van der Waals surface area (Å²) < 4.78 is 25.2. The van der Waals surface area contributed by atoms with E-state index in [0.29, 0.717) is 30.7 Å². The molecule has 0 saturated carbocycles. The van der Waals surface area contributed by atoms with Crippen LogP contribution in [0.25, 0.3) is 0 Å². The molecule has 1 aromatic carbocycles. The van der Waals surface area contributed by atoms with Crippen LogP contribution in [-0.2, 0) is 27.0 Å². The zero-order valence-electron chi connectivity index (χ0n) is 27.4. The van der Waals surface area contributed by atoms with Gasteiger partial charge in [0.15, 0.2) is 0 Å². The second kappa shape index (κ2) is 21.7. The lowest BCUT2D eigenvalue weighted by Gasteiger charge is -2.23. The first-order valence-corrected chi connectivity index (χ1v) is 18.6. The molecule has 44 heavy (non-hydrogen) atoms. The zero-order valence-corrected chi connectivity index (χ0v) is 28.3. The van der Waals surface area contributed by atoms with Crippen molar-refractivity contribution in [3.8, 4) is 0 Å². The molecule has 1 aromatic heterocycles. The first-order chi connectivity index (χ1) is 21.2. The molecule has 10 heteroatoms. The third-order valence-corrected chi connectivity index (χ3v) is 8.63. The van der Waals surface area contributed by atoms with Crippen molar-refractivity contribution >= 4 is 7.60 Å². The van der Waals surface area contributed by atoms with Crippen LogP contribution in [0.15, 0.2) is 39.9 Å². The number of aromatic nitrogens is 2. The van der Waals surface area contributed by atoms with Gasteiger partial charge in [0.1, 0.15) is 12.6 Å². The highest BCUT2D eigenvalue weighted by Crippen LogP contribution is 2.33. The highest BCUT2D eigenvalue weighted by Gasteiger charge is 2.22. The van der Waals surface area contributed by atoms with Gasteiger partial charge < -0.3 is 19.3 Å². The molecule has 0 bridgehead atoms. The van der Waals surface area contributed by atoms with Crippen LogP contribution in [0.4, 0.5) is 0 Å². The first kappa shape index (κ1) is 38.2. The van der Waals surface area contributed by atoms with E-state index in [0.717, 1.165) is 24.8 Å². The third kappa shape index (κ3) is 14.4. The summed E-state index contributed by atoms with van der Waals surface area (Å²) >= 11 is 0. The lowest BCUT2D eigenvalue weighted by molar-refractivity contribution is -0.00884. The van der Waals surface area contributed by atoms with Crippen LogP contribution in [0.5, 0.6) is 0 Å². The van der Waals surface area contributed by atoms with E-state index in [2.05, 4.69) is 6.92 Å². The van der Waals surface area contributed by atoms with E-state index in [-0.39, 0.29) is 18.7 Å². The van der Waals surface area contributed by atoms with Crippen molar-refractivity contribution in [3.63, 3.8) is 0 Å². The monoisotopic (exact) mass is 636 g/mol. The molecule has 0 saturated heterocycles. The van der Waals surface area contributed by atoms with Crippen LogP contribution in [0, 0.1) is 6.92 Å². The van der Waals surface area contributed by atoms with Crippen molar-refractivity contribution in [1.29, 1.82) is 0 Å². The van der Waals surface area contributed by atoms with E-state index in [9.17, 15) is 14.2 Å². The van der Waals surface area contributed by atoms with Crippen molar-refractivity contribution in [3.05, 3.63) is 68.0 Å². The third-order valence-electron chi connectivity index (χ3n) is 8.11. The van der Waals surface area contributed by atoms with Crippen molar-refractivity contribution in [1.82, 2.24) is 9.13 Å². The molecule has 0 radical (unpaired) electrons. The van der Waals surface area contributed by atoms with E-state index in [1.165, 1.54) is 79.8 Å². The standard InChI is InChI=1S/C34H57N2O7P/c1-4-6-7-8-9-10-11-12-13-14-15-16-17-21-25-43-32(5-2)36-33(37)29(3)31(27-30-22-19-18-20-23-30)35(34(36)38)24-26-42-28-44(39,40)41/h18-20,22-23,32H,4-17,21,24-28H2,1-3H3,(H2,39,40,41). The highest BCUT2D eigenvalue weighted by atomic mass is 31.2. The van der Waals surface area contributed by atoms with E-state index >= 15 is 0 Å². The Morgan fingerprint density at radius 3 is 1.86 bits per heavy atom. The van der Waals surface area contributed by atoms with Crippen LogP contribution in [0.3, 0.4) is 0 Å². The summed E-state index contributed by atoms with van der Waals surface area (Å²) in [7, 11) is -4.33. The zero-order chi connectivity index (χ0) is 32.2. The lowest BCUT2D eigenvalue weighted by Crippen LogP contribution is -2.46. The minimum Gasteiger partial charge on any atom is -0.367 e. The quantitative estimate of drug-likeness (QED) is 0.0857. The topological polar surface area (TPSA) is 120 Å². The van der Waals surface area contributed by atoms with Gasteiger partial charge in [0.25, 0.3) is 5.56 Å². The minimum atomic E-state index is -4.33. The summed E-state index contributed by atoms with van der Waals surface area (Å²) in [6.45, 7) is 6.30. The van der Waals surface area contributed by atoms with Crippen LogP contribution in [-0.4, -0.2) is 38.5 Å². The average molecular weight is 637 g/mol. The molecule has 0 aliphatic rings. The lowest BCUT2D eigenvalue weighted by atomic mass is 10.0. The van der Waals surface area contributed by atoms with Gasteiger partial charge in [-0.3, -0.25) is 13.9 Å². The van der Waals surface area contributed by atoms with Gasteiger partial charge in [0.2, 0.25) is 0 Å². The number of nitrogens with zero attached hydrogens (tertiary/aromatic N) is 2. The molecule has 0 amide bonds. The fourth-order valence-electron chi connectivity index (χ4n) is 5.57. The van der Waals surface area contributed by atoms with Crippen molar-refractivity contribution < 1.29 is 23.8 Å². The maximum Gasteiger partial charge on any atom is 0.350 e. The molecule has 0 fully saturated rings. The summed E-state index contributed by atoms with van der Waals surface area (Å²) in [5.41, 5.74) is 1.07. The van der Waals surface area contributed by atoms with Crippen LogP contribution >= 0.6 is 7.60 Å². The molecule has 0 aliphatic carbocycles. The number of hydrogen-bond donors (Lipinski definition) is 2. The van der Waals surface area contributed by atoms with Crippen molar-refractivity contribution in [2.24, 2.45) is 0 Å². The molecule has 0 aliphatic heterocycles. The van der Waals surface area contributed by atoms with Gasteiger partial charge in [-0.15, -0.1) is 0 Å². The normalized spacial score (nSPS) is 12.6. The summed E-state index contributed by atoms with van der Waals surface area (Å²) in [5, 5.41) is 0. The van der Waals surface area contributed by atoms with Gasteiger partial charge >= 0.3 is 13.3 Å². The fraction of sp³-hybridized carbons (Fsp3) is 0.706. The molecule has 2 N–H and O–H groups in total. The minimum absolute atomic E-state index is 0.0531. The molecule has 0 spiro atoms. The predicted octanol–water partition coefficient (Wildman–Crippen LogP) is 7.47. The number of rotatable bonds is 25. The number of unbranched alkanes of at least 4 members (excludes halogenated alkanes) is 13. The smallest absolute Gasteiger partial charge is 0.350 e. The van der Waals surface area contributed by atoms with E-state index in [4.69, 9.17) is 19.3 Å². The van der Waals surface area contributed by atoms with Gasteiger partial charge in [-0.25, -0.2) is 9.36 Å². The highest BCUT2D eigenvalue weighted by molar-refractivity contribution is 7.51. The van der Waals surface area contributed by atoms with E-state index < -0.39 is 25.9 Å². The Kier molecular flexibility index (Phi) is 18.8. The second-order valence-electron chi connectivity index (χ2n) is 11.9. The predicted molar refractivity (Wildman–Crippen MR) is 177 cm³/mol. The van der Waals surface area contributed by atoms with Gasteiger partial charge in [-0.2, -0.15) is 0 Å². The van der Waals surface area contributed by atoms with Gasteiger partial charge in [-0.05, 0) is 25.3 Å². The van der Waals surface area contributed by atoms with Crippen molar-refractivity contribution in [2.75, 3.05) is 19.6 Å². The Bertz CT molecular complexity index is 1220.